The number of aromatic nitrogens is 2. The van der Waals surface area contributed by atoms with E-state index in [2.05, 4.69) is 34.6 Å². The number of amides is 1. The summed E-state index contributed by atoms with van der Waals surface area (Å²) in [4.78, 5) is 13.4. The maximum absolute atomic E-state index is 12.3. The third-order valence-electron chi connectivity index (χ3n) is 4.19. The molecule has 0 saturated carbocycles. The minimum Gasteiger partial charge on any atom is -0.459 e. The molecule has 1 unspecified atom stereocenters. The van der Waals surface area contributed by atoms with Crippen molar-refractivity contribution in [2.24, 2.45) is 0 Å². The Morgan fingerprint density at radius 3 is 2.74 bits per heavy atom. The monoisotopic (exact) mass is 369 g/mol. The van der Waals surface area contributed by atoms with Crippen molar-refractivity contribution in [2.45, 2.75) is 26.3 Å². The summed E-state index contributed by atoms with van der Waals surface area (Å²) in [6.45, 7) is 4.46. The molecule has 0 bridgehead atoms. The van der Waals surface area contributed by atoms with Crippen LogP contribution < -0.4 is 10.2 Å². The van der Waals surface area contributed by atoms with E-state index in [-0.39, 0.29) is 5.91 Å². The molecule has 3 aromatic rings. The average molecular weight is 369 g/mol. The van der Waals surface area contributed by atoms with Gasteiger partial charge in [0.15, 0.2) is 18.8 Å². The van der Waals surface area contributed by atoms with Crippen molar-refractivity contribution in [2.75, 3.05) is 19.6 Å². The molecule has 142 valence electrons. The van der Waals surface area contributed by atoms with Crippen molar-refractivity contribution in [1.29, 1.82) is 0 Å². The van der Waals surface area contributed by atoms with Gasteiger partial charge >= 0.3 is 0 Å². The van der Waals surface area contributed by atoms with Crippen LogP contribution in [0.3, 0.4) is 0 Å². The second-order valence-electron chi connectivity index (χ2n) is 6.42. The molecule has 0 spiro atoms. The summed E-state index contributed by atoms with van der Waals surface area (Å²) in [5.74, 6) is 1.43. The van der Waals surface area contributed by atoms with Gasteiger partial charge < -0.3 is 19.1 Å². The lowest BCUT2D eigenvalue weighted by atomic mass is 10.1. The van der Waals surface area contributed by atoms with E-state index in [1.54, 1.807) is 18.4 Å². The lowest BCUT2D eigenvalue weighted by Crippen LogP contribution is -3.12. The molecule has 2 aromatic heterocycles. The third-order valence-corrected chi connectivity index (χ3v) is 4.19. The summed E-state index contributed by atoms with van der Waals surface area (Å²) in [6.07, 6.45) is 3.35. The van der Waals surface area contributed by atoms with E-state index in [9.17, 15) is 4.79 Å². The van der Waals surface area contributed by atoms with Crippen LogP contribution in [-0.4, -0.2) is 35.7 Å². The molecule has 0 radical (unpaired) electrons. The first-order valence-corrected chi connectivity index (χ1v) is 9.25. The van der Waals surface area contributed by atoms with Gasteiger partial charge in [-0.2, -0.15) is 0 Å². The molecule has 0 saturated heterocycles. The number of furan rings is 1. The first-order chi connectivity index (χ1) is 13.2. The van der Waals surface area contributed by atoms with Gasteiger partial charge in [0, 0.05) is 6.54 Å². The van der Waals surface area contributed by atoms with E-state index in [1.807, 2.05) is 18.2 Å². The lowest BCUT2D eigenvalue weighted by molar-refractivity contribution is -0.907. The fraction of sp³-hybridized carbons (Fsp3) is 0.350. The Morgan fingerprint density at radius 1 is 1.15 bits per heavy atom. The van der Waals surface area contributed by atoms with Crippen molar-refractivity contribution in [3.63, 3.8) is 0 Å². The van der Waals surface area contributed by atoms with Crippen molar-refractivity contribution in [1.82, 2.24) is 15.5 Å². The van der Waals surface area contributed by atoms with Crippen LogP contribution in [0, 0.1) is 0 Å². The number of nitrogens with one attached hydrogen (secondary N) is 2. The summed E-state index contributed by atoms with van der Waals surface area (Å²) in [6, 6.07) is 13.7. The summed E-state index contributed by atoms with van der Waals surface area (Å²) in [5.41, 5.74) is 1.21. The van der Waals surface area contributed by atoms with E-state index in [0.29, 0.717) is 37.2 Å². The molecule has 7 heteroatoms. The van der Waals surface area contributed by atoms with Crippen LogP contribution in [-0.2, 0) is 17.8 Å². The van der Waals surface area contributed by atoms with Crippen LogP contribution in [0.2, 0.25) is 0 Å². The second kappa shape index (κ2) is 9.68. The van der Waals surface area contributed by atoms with Crippen molar-refractivity contribution in [3.05, 3.63) is 60.2 Å². The number of hydrogen-bond donors (Lipinski definition) is 2. The topological polar surface area (TPSA) is 85.6 Å². The van der Waals surface area contributed by atoms with Gasteiger partial charge in [-0.05, 0) is 30.5 Å². The highest BCUT2D eigenvalue weighted by atomic mass is 16.4. The maximum atomic E-state index is 12.3. The number of carbonyl (C=O) groups excluding carboxylic acids is 1. The van der Waals surface area contributed by atoms with Crippen LogP contribution in [0.25, 0.3) is 11.7 Å². The predicted octanol–water partition coefficient (Wildman–Crippen LogP) is 1.48. The second-order valence-corrected chi connectivity index (χ2v) is 6.42. The minimum atomic E-state index is 0.0279. The van der Waals surface area contributed by atoms with E-state index in [0.717, 1.165) is 24.3 Å². The minimum absolute atomic E-state index is 0.0279. The zero-order chi connectivity index (χ0) is 18.9. The maximum Gasteiger partial charge on any atom is 0.283 e. The van der Waals surface area contributed by atoms with E-state index in [1.165, 1.54) is 5.56 Å². The summed E-state index contributed by atoms with van der Waals surface area (Å²) in [5, 5.41) is 11.1. The highest BCUT2D eigenvalue weighted by molar-refractivity contribution is 5.76. The first-order valence-electron chi connectivity index (χ1n) is 9.25. The van der Waals surface area contributed by atoms with Gasteiger partial charge in [-0.25, -0.2) is 0 Å². The quantitative estimate of drug-likeness (QED) is 0.565. The Bertz CT molecular complexity index is 815. The van der Waals surface area contributed by atoms with Gasteiger partial charge in [0.2, 0.25) is 0 Å². The van der Waals surface area contributed by atoms with E-state index in [4.69, 9.17) is 8.83 Å². The normalized spacial score (nSPS) is 12.0. The van der Waals surface area contributed by atoms with Crippen LogP contribution in [0.5, 0.6) is 0 Å². The molecule has 1 aromatic carbocycles. The van der Waals surface area contributed by atoms with Gasteiger partial charge in [-0.1, -0.05) is 37.3 Å². The Labute approximate surface area is 158 Å². The zero-order valence-electron chi connectivity index (χ0n) is 15.5. The zero-order valence-corrected chi connectivity index (χ0v) is 15.5. The molecular weight excluding hydrogens is 344 g/mol. The van der Waals surface area contributed by atoms with E-state index >= 15 is 0 Å². The molecule has 2 N–H and O–H groups in total. The van der Waals surface area contributed by atoms with Gasteiger partial charge in [0.05, 0.1) is 12.8 Å². The highest BCUT2D eigenvalue weighted by Crippen LogP contribution is 2.17. The SMILES string of the molecule is CCC[NH+](CC(=O)NCCc1ccccc1)Cc1nnc(-c2ccco2)o1. The fourth-order valence-corrected chi connectivity index (χ4v) is 2.91. The number of benzene rings is 1. The van der Waals surface area contributed by atoms with Crippen molar-refractivity contribution in [3.8, 4) is 11.7 Å². The molecule has 1 atom stereocenters. The molecule has 3 rings (SSSR count). The Balaban J connectivity index is 1.48. The molecule has 0 aliphatic carbocycles. The van der Waals surface area contributed by atoms with Crippen molar-refractivity contribution >= 4 is 5.91 Å². The van der Waals surface area contributed by atoms with Crippen LogP contribution in [0.4, 0.5) is 0 Å². The molecule has 1 amide bonds. The van der Waals surface area contributed by atoms with Crippen LogP contribution in [0.15, 0.2) is 57.6 Å². The van der Waals surface area contributed by atoms with Crippen LogP contribution >= 0.6 is 0 Å². The van der Waals surface area contributed by atoms with Crippen molar-refractivity contribution < 1.29 is 18.5 Å². The standard InChI is InChI=1S/C20H24N4O3/c1-2-12-24(14-18(25)21-11-10-16-7-4-3-5-8-16)15-19-22-23-20(27-19)17-9-6-13-26-17/h3-9,13H,2,10-12,14-15H2,1H3,(H,21,25)/p+1. The number of rotatable bonds is 10. The highest BCUT2D eigenvalue weighted by Gasteiger charge is 2.19. The number of hydrogen-bond acceptors (Lipinski definition) is 5. The third kappa shape index (κ3) is 5.79. The number of quaternary nitrogens is 1. The van der Waals surface area contributed by atoms with Gasteiger partial charge in [-0.3, -0.25) is 4.79 Å². The van der Waals surface area contributed by atoms with Crippen LogP contribution in [0.1, 0.15) is 24.8 Å². The summed E-state index contributed by atoms with van der Waals surface area (Å²) >= 11 is 0. The smallest absolute Gasteiger partial charge is 0.283 e. The Hall–Kier alpha value is -2.93. The van der Waals surface area contributed by atoms with Gasteiger partial charge in [0.1, 0.15) is 0 Å². The van der Waals surface area contributed by atoms with Gasteiger partial charge in [0.25, 0.3) is 17.7 Å². The lowest BCUT2D eigenvalue weighted by Gasteiger charge is -2.16. The van der Waals surface area contributed by atoms with Gasteiger partial charge in [-0.15, -0.1) is 10.2 Å². The first kappa shape index (κ1) is 18.8. The molecule has 0 aliphatic rings. The Kier molecular flexibility index (Phi) is 6.76. The fourth-order valence-electron chi connectivity index (χ4n) is 2.91. The Morgan fingerprint density at radius 2 is 2.00 bits per heavy atom. The summed E-state index contributed by atoms with van der Waals surface area (Å²) in [7, 11) is 0. The molecule has 7 nitrogen and oxygen atoms in total. The largest absolute Gasteiger partial charge is 0.459 e. The molecule has 0 aliphatic heterocycles. The predicted molar refractivity (Wildman–Crippen MR) is 99.8 cm³/mol. The van der Waals surface area contributed by atoms with E-state index < -0.39 is 0 Å². The average Bonchev–Trinajstić information content (AvgIpc) is 3.34. The summed E-state index contributed by atoms with van der Waals surface area (Å²) < 4.78 is 10.9. The molecule has 27 heavy (non-hydrogen) atoms. The molecule has 0 fully saturated rings. The number of nitrogens with zero attached hydrogens (tertiary/aromatic N) is 2. The number of carbonyl (C=O) groups is 1. The molecular formula is C20H25N4O3+. The molecule has 2 heterocycles.